The number of aryl methyl sites for hydroxylation is 2. The average molecular weight is 335 g/mol. The zero-order chi connectivity index (χ0) is 14.3. The number of benzene rings is 1. The number of aromatic nitrogens is 2. The van der Waals surface area contributed by atoms with E-state index in [0.29, 0.717) is 12.3 Å². The molecule has 20 heavy (non-hydrogen) atoms. The second-order valence-corrected chi connectivity index (χ2v) is 6.43. The van der Waals surface area contributed by atoms with Crippen LogP contribution in [0.2, 0.25) is 0 Å². The van der Waals surface area contributed by atoms with Crippen molar-refractivity contribution >= 4 is 15.9 Å². The maximum atomic E-state index is 10.5. The van der Waals surface area contributed by atoms with Crippen molar-refractivity contribution in [2.75, 3.05) is 0 Å². The molecule has 1 aromatic carbocycles. The van der Waals surface area contributed by atoms with Gasteiger partial charge >= 0.3 is 0 Å². The highest BCUT2D eigenvalue weighted by Gasteiger charge is 2.24. The van der Waals surface area contributed by atoms with E-state index in [-0.39, 0.29) is 0 Å². The first-order valence-corrected chi connectivity index (χ1v) is 7.81. The number of hydrogen-bond acceptors (Lipinski definition) is 2. The van der Waals surface area contributed by atoms with Gasteiger partial charge in [0.1, 0.15) is 0 Å². The van der Waals surface area contributed by atoms with Gasteiger partial charge in [-0.2, -0.15) is 5.10 Å². The van der Waals surface area contributed by atoms with Crippen LogP contribution >= 0.6 is 15.9 Å². The van der Waals surface area contributed by atoms with Gasteiger partial charge in [-0.15, -0.1) is 0 Å². The fourth-order valence-corrected chi connectivity index (χ4v) is 3.14. The maximum absolute atomic E-state index is 10.5. The molecule has 4 heteroatoms. The van der Waals surface area contributed by atoms with Crippen molar-refractivity contribution in [2.45, 2.75) is 38.2 Å². The third-order valence-electron chi connectivity index (χ3n) is 3.99. The van der Waals surface area contributed by atoms with Gasteiger partial charge in [0, 0.05) is 13.5 Å². The number of aliphatic hydroxyl groups excluding tert-OH is 1. The van der Waals surface area contributed by atoms with Gasteiger partial charge in [0.25, 0.3) is 0 Å². The molecule has 0 spiro atoms. The molecule has 1 aromatic heterocycles. The Labute approximate surface area is 127 Å². The van der Waals surface area contributed by atoms with Crippen LogP contribution in [0.3, 0.4) is 0 Å². The fraction of sp³-hybridized carbons (Fsp3) is 0.438. The minimum Gasteiger partial charge on any atom is -0.388 e. The van der Waals surface area contributed by atoms with Crippen molar-refractivity contribution in [3.8, 4) is 0 Å². The number of nitrogens with zero attached hydrogens (tertiary/aromatic N) is 2. The molecule has 1 aliphatic carbocycles. The summed E-state index contributed by atoms with van der Waals surface area (Å²) in [6, 6.07) is 8.38. The van der Waals surface area contributed by atoms with Crippen LogP contribution in [0.25, 0.3) is 0 Å². The van der Waals surface area contributed by atoms with Crippen molar-refractivity contribution in [2.24, 2.45) is 7.05 Å². The monoisotopic (exact) mass is 334 g/mol. The average Bonchev–Trinajstić information content (AvgIpc) is 3.24. The van der Waals surface area contributed by atoms with E-state index in [9.17, 15) is 5.11 Å². The Morgan fingerprint density at radius 3 is 2.80 bits per heavy atom. The second kappa shape index (κ2) is 5.34. The summed E-state index contributed by atoms with van der Waals surface area (Å²) in [6.45, 7) is 1.97. The van der Waals surface area contributed by atoms with E-state index in [2.05, 4.69) is 39.2 Å². The molecule has 1 heterocycles. The fourth-order valence-electron chi connectivity index (χ4n) is 2.64. The van der Waals surface area contributed by atoms with Gasteiger partial charge in [-0.1, -0.05) is 24.3 Å². The molecule has 2 aromatic rings. The largest absolute Gasteiger partial charge is 0.388 e. The van der Waals surface area contributed by atoms with E-state index in [4.69, 9.17) is 0 Å². The molecule has 1 fully saturated rings. The van der Waals surface area contributed by atoms with E-state index < -0.39 is 6.10 Å². The second-order valence-electron chi connectivity index (χ2n) is 5.63. The number of hydrogen-bond donors (Lipinski definition) is 1. The molecular formula is C16H19BrN2O. The predicted molar refractivity (Wildman–Crippen MR) is 82.7 cm³/mol. The third-order valence-corrected chi connectivity index (χ3v) is 5.02. The van der Waals surface area contributed by atoms with Crippen LogP contribution in [-0.2, 0) is 13.5 Å². The van der Waals surface area contributed by atoms with Crippen LogP contribution < -0.4 is 0 Å². The van der Waals surface area contributed by atoms with E-state index in [1.807, 2.05) is 24.7 Å². The zero-order valence-corrected chi connectivity index (χ0v) is 13.4. The van der Waals surface area contributed by atoms with E-state index >= 15 is 0 Å². The van der Waals surface area contributed by atoms with Gasteiger partial charge in [-0.3, -0.25) is 4.68 Å². The minimum atomic E-state index is -0.486. The highest BCUT2D eigenvalue weighted by atomic mass is 79.9. The molecule has 0 aliphatic heterocycles. The molecule has 1 aliphatic rings. The van der Waals surface area contributed by atoms with Crippen LogP contribution in [0.5, 0.6) is 0 Å². The van der Waals surface area contributed by atoms with Gasteiger partial charge in [-0.25, -0.2) is 0 Å². The Bertz CT molecular complexity index is 631. The summed E-state index contributed by atoms with van der Waals surface area (Å²) in [5.41, 5.74) is 4.36. The van der Waals surface area contributed by atoms with Gasteiger partial charge in [0.15, 0.2) is 0 Å². The Hall–Kier alpha value is -1.13. The third kappa shape index (κ3) is 2.67. The molecule has 1 saturated carbocycles. The lowest BCUT2D eigenvalue weighted by atomic mass is 10.0. The van der Waals surface area contributed by atoms with E-state index in [0.717, 1.165) is 21.4 Å². The van der Waals surface area contributed by atoms with Crippen LogP contribution in [0, 0.1) is 6.92 Å². The van der Waals surface area contributed by atoms with Gasteiger partial charge in [-0.05, 0) is 52.7 Å². The molecule has 3 rings (SSSR count). The molecule has 0 amide bonds. The standard InChI is InChI=1S/C16H19BrN2O/c1-10-16(17)14(19(2)18-10)9-15(20)13-5-3-4-12(8-13)11-6-7-11/h3-5,8,11,15,20H,6-7,9H2,1-2H3. The van der Waals surface area contributed by atoms with Crippen molar-refractivity contribution in [3.05, 3.63) is 51.3 Å². The highest BCUT2D eigenvalue weighted by Crippen LogP contribution is 2.40. The normalized spacial score (nSPS) is 16.4. The van der Waals surface area contributed by atoms with Crippen molar-refractivity contribution in [1.82, 2.24) is 9.78 Å². The summed E-state index contributed by atoms with van der Waals surface area (Å²) >= 11 is 3.56. The quantitative estimate of drug-likeness (QED) is 0.926. The minimum absolute atomic E-state index is 0.486. The molecule has 0 saturated heterocycles. The van der Waals surface area contributed by atoms with Crippen LogP contribution in [-0.4, -0.2) is 14.9 Å². The first-order chi connectivity index (χ1) is 9.56. The van der Waals surface area contributed by atoms with Crippen molar-refractivity contribution in [1.29, 1.82) is 0 Å². The van der Waals surface area contributed by atoms with Crippen LogP contribution in [0.1, 0.15) is 47.4 Å². The molecule has 1 atom stereocenters. The first-order valence-electron chi connectivity index (χ1n) is 7.02. The molecular weight excluding hydrogens is 316 g/mol. The number of halogens is 1. The predicted octanol–water partition coefficient (Wildman–Crippen LogP) is 3.64. The molecule has 3 nitrogen and oxygen atoms in total. The van der Waals surface area contributed by atoms with E-state index in [1.54, 1.807) is 0 Å². The number of aliphatic hydroxyl groups is 1. The lowest BCUT2D eigenvalue weighted by molar-refractivity contribution is 0.175. The summed E-state index contributed by atoms with van der Waals surface area (Å²) < 4.78 is 2.84. The van der Waals surface area contributed by atoms with Crippen molar-refractivity contribution < 1.29 is 5.11 Å². The molecule has 1 N–H and O–H groups in total. The first kappa shape index (κ1) is 13.8. The lowest BCUT2D eigenvalue weighted by Gasteiger charge is -2.13. The van der Waals surface area contributed by atoms with Crippen LogP contribution in [0.4, 0.5) is 0 Å². The zero-order valence-electron chi connectivity index (χ0n) is 11.8. The lowest BCUT2D eigenvalue weighted by Crippen LogP contribution is -2.07. The number of rotatable bonds is 4. The summed E-state index contributed by atoms with van der Waals surface area (Å²) in [6.07, 6.45) is 2.66. The SMILES string of the molecule is Cc1nn(C)c(CC(O)c2cccc(C3CC3)c2)c1Br. The van der Waals surface area contributed by atoms with Gasteiger partial charge in [0.05, 0.1) is 22.0 Å². The molecule has 106 valence electrons. The molecule has 0 radical (unpaired) electrons. The Kier molecular flexibility index (Phi) is 3.69. The highest BCUT2D eigenvalue weighted by molar-refractivity contribution is 9.10. The summed E-state index contributed by atoms with van der Waals surface area (Å²) in [4.78, 5) is 0. The Balaban J connectivity index is 1.81. The summed E-state index contributed by atoms with van der Waals surface area (Å²) in [5.74, 6) is 0.716. The Morgan fingerprint density at radius 1 is 1.45 bits per heavy atom. The topological polar surface area (TPSA) is 38.0 Å². The molecule has 0 bridgehead atoms. The molecule has 1 unspecified atom stereocenters. The maximum Gasteiger partial charge on any atom is 0.0845 e. The smallest absolute Gasteiger partial charge is 0.0845 e. The van der Waals surface area contributed by atoms with Gasteiger partial charge in [0.2, 0.25) is 0 Å². The van der Waals surface area contributed by atoms with Crippen molar-refractivity contribution in [3.63, 3.8) is 0 Å². The van der Waals surface area contributed by atoms with Gasteiger partial charge < -0.3 is 5.11 Å². The summed E-state index contributed by atoms with van der Waals surface area (Å²) in [5, 5.41) is 14.9. The summed E-state index contributed by atoms with van der Waals surface area (Å²) in [7, 11) is 1.92. The Morgan fingerprint density at radius 2 is 2.20 bits per heavy atom. The van der Waals surface area contributed by atoms with E-state index in [1.165, 1.54) is 18.4 Å². The van der Waals surface area contributed by atoms with Crippen LogP contribution in [0.15, 0.2) is 28.7 Å².